The second-order valence-electron chi connectivity index (χ2n) is 5.69. The number of rotatable bonds is 2. The largest absolute Gasteiger partial charge is 0.398 e. The summed E-state index contributed by atoms with van der Waals surface area (Å²) in [6.45, 7) is 1.61. The van der Waals surface area contributed by atoms with Crippen molar-refractivity contribution in [3.05, 3.63) is 29.1 Å². The summed E-state index contributed by atoms with van der Waals surface area (Å²) in [6, 6.07) is 3.02. The summed E-state index contributed by atoms with van der Waals surface area (Å²) in [5, 5.41) is 3.02. The zero-order valence-corrected chi connectivity index (χ0v) is 12.0. The van der Waals surface area contributed by atoms with E-state index in [-0.39, 0.29) is 11.9 Å². The fourth-order valence-corrected chi connectivity index (χ4v) is 2.70. The van der Waals surface area contributed by atoms with Gasteiger partial charge in [-0.15, -0.1) is 0 Å². The van der Waals surface area contributed by atoms with Crippen LogP contribution in [0.4, 0.5) is 10.1 Å². The van der Waals surface area contributed by atoms with Crippen molar-refractivity contribution in [3.8, 4) is 0 Å². The highest BCUT2D eigenvalue weighted by Gasteiger charge is 2.16. The van der Waals surface area contributed by atoms with Gasteiger partial charge in [-0.25, -0.2) is 4.39 Å². The normalized spacial score (nSPS) is 17.3. The predicted molar refractivity (Wildman–Crippen MR) is 79.1 cm³/mol. The molecular weight excluding hydrogens is 255 g/mol. The number of benzene rings is 1. The van der Waals surface area contributed by atoms with Crippen molar-refractivity contribution in [2.75, 3.05) is 5.73 Å². The number of carbonyl (C=O) groups is 1. The minimum absolute atomic E-state index is 0.202. The molecule has 0 heterocycles. The van der Waals surface area contributed by atoms with Crippen LogP contribution < -0.4 is 11.1 Å². The Hall–Kier alpha value is -1.58. The van der Waals surface area contributed by atoms with Crippen molar-refractivity contribution < 1.29 is 9.18 Å². The van der Waals surface area contributed by atoms with Gasteiger partial charge < -0.3 is 11.1 Å². The maximum atomic E-state index is 13.6. The number of carbonyl (C=O) groups excluding carboxylic acids is 1. The molecule has 0 aromatic heterocycles. The molecule has 20 heavy (non-hydrogen) atoms. The Morgan fingerprint density at radius 1 is 1.20 bits per heavy atom. The highest BCUT2D eigenvalue weighted by atomic mass is 19.1. The Balaban J connectivity index is 2.03. The van der Waals surface area contributed by atoms with Crippen molar-refractivity contribution in [3.63, 3.8) is 0 Å². The highest BCUT2D eigenvalue weighted by Crippen LogP contribution is 2.20. The molecule has 1 aliphatic carbocycles. The van der Waals surface area contributed by atoms with E-state index in [9.17, 15) is 9.18 Å². The summed E-state index contributed by atoms with van der Waals surface area (Å²) in [5.41, 5.74) is 6.75. The van der Waals surface area contributed by atoms with Gasteiger partial charge in [-0.1, -0.05) is 32.1 Å². The van der Waals surface area contributed by atoms with E-state index in [4.69, 9.17) is 5.73 Å². The lowest BCUT2D eigenvalue weighted by atomic mass is 9.96. The standard InChI is InChI=1S/C16H23FN2O/c1-11-14(17)9-12(10-15(11)18)16(20)19-13-7-5-3-2-4-6-8-13/h9-10,13H,2-8,18H2,1H3,(H,19,20). The van der Waals surface area contributed by atoms with Crippen LogP contribution in [-0.2, 0) is 0 Å². The monoisotopic (exact) mass is 278 g/mol. The SMILES string of the molecule is Cc1c(N)cc(C(=O)NC2CCCCCCC2)cc1F. The van der Waals surface area contributed by atoms with E-state index in [0.717, 1.165) is 25.7 Å². The molecule has 1 aromatic carbocycles. The van der Waals surface area contributed by atoms with E-state index in [1.54, 1.807) is 13.0 Å². The molecule has 0 aliphatic heterocycles. The van der Waals surface area contributed by atoms with Crippen LogP contribution >= 0.6 is 0 Å². The molecule has 0 saturated heterocycles. The van der Waals surface area contributed by atoms with Gasteiger partial charge in [0.05, 0.1) is 0 Å². The lowest BCUT2D eigenvalue weighted by Crippen LogP contribution is -2.35. The Morgan fingerprint density at radius 2 is 1.80 bits per heavy atom. The third-order valence-corrected chi connectivity index (χ3v) is 4.09. The molecule has 110 valence electrons. The van der Waals surface area contributed by atoms with Crippen LogP contribution in [0.3, 0.4) is 0 Å². The molecular formula is C16H23FN2O. The molecule has 1 aromatic rings. The number of hydrogen-bond donors (Lipinski definition) is 2. The summed E-state index contributed by atoms with van der Waals surface area (Å²) in [6.07, 6.45) is 8.08. The fourth-order valence-electron chi connectivity index (χ4n) is 2.70. The van der Waals surface area contributed by atoms with Crippen LogP contribution in [-0.4, -0.2) is 11.9 Å². The Morgan fingerprint density at radius 3 is 2.40 bits per heavy atom. The first kappa shape index (κ1) is 14.8. The minimum Gasteiger partial charge on any atom is -0.398 e. The number of hydrogen-bond acceptors (Lipinski definition) is 2. The van der Waals surface area contributed by atoms with Crippen LogP contribution in [0, 0.1) is 12.7 Å². The van der Waals surface area contributed by atoms with Crippen molar-refractivity contribution >= 4 is 11.6 Å². The Labute approximate surface area is 119 Å². The molecule has 0 spiro atoms. The van der Waals surface area contributed by atoms with Crippen LogP contribution in [0.5, 0.6) is 0 Å². The van der Waals surface area contributed by atoms with Gasteiger partial charge in [0, 0.05) is 22.9 Å². The molecule has 0 atom stereocenters. The first-order valence-corrected chi connectivity index (χ1v) is 7.44. The van der Waals surface area contributed by atoms with Gasteiger partial charge in [-0.3, -0.25) is 4.79 Å². The topological polar surface area (TPSA) is 55.1 Å². The number of amides is 1. The zero-order chi connectivity index (χ0) is 14.5. The van der Waals surface area contributed by atoms with Gasteiger partial charge >= 0.3 is 0 Å². The summed E-state index contributed by atoms with van der Waals surface area (Å²) < 4.78 is 13.6. The number of nitrogens with two attached hydrogens (primary N) is 1. The van der Waals surface area contributed by atoms with Gasteiger partial charge in [0.2, 0.25) is 0 Å². The van der Waals surface area contributed by atoms with E-state index >= 15 is 0 Å². The minimum atomic E-state index is -0.423. The van der Waals surface area contributed by atoms with Crippen molar-refractivity contribution in [1.29, 1.82) is 0 Å². The highest BCUT2D eigenvalue weighted by molar-refractivity contribution is 5.95. The zero-order valence-electron chi connectivity index (χ0n) is 12.0. The second-order valence-corrected chi connectivity index (χ2v) is 5.69. The summed E-state index contributed by atoms with van der Waals surface area (Å²) >= 11 is 0. The third kappa shape index (κ3) is 3.71. The van der Waals surface area contributed by atoms with Gasteiger partial charge in [0.25, 0.3) is 5.91 Å². The molecule has 4 heteroatoms. The molecule has 0 radical (unpaired) electrons. The van der Waals surface area contributed by atoms with Crippen LogP contribution in [0.25, 0.3) is 0 Å². The molecule has 2 rings (SSSR count). The van der Waals surface area contributed by atoms with Crippen molar-refractivity contribution in [2.24, 2.45) is 0 Å². The van der Waals surface area contributed by atoms with E-state index in [1.807, 2.05) is 0 Å². The fraction of sp³-hybridized carbons (Fsp3) is 0.562. The average molecular weight is 278 g/mol. The molecule has 3 N–H and O–H groups in total. The number of halogens is 1. The smallest absolute Gasteiger partial charge is 0.251 e. The quantitative estimate of drug-likeness (QED) is 0.813. The van der Waals surface area contributed by atoms with Crippen LogP contribution in [0.1, 0.15) is 60.9 Å². The van der Waals surface area contributed by atoms with Crippen molar-refractivity contribution in [1.82, 2.24) is 5.32 Å². The maximum absolute atomic E-state index is 13.6. The lowest BCUT2D eigenvalue weighted by Gasteiger charge is -2.21. The van der Waals surface area contributed by atoms with E-state index < -0.39 is 5.82 Å². The van der Waals surface area contributed by atoms with Crippen LogP contribution in [0.2, 0.25) is 0 Å². The van der Waals surface area contributed by atoms with Gasteiger partial charge in [0.1, 0.15) is 5.82 Å². The molecule has 3 nitrogen and oxygen atoms in total. The Kier molecular flexibility index (Phi) is 4.99. The third-order valence-electron chi connectivity index (χ3n) is 4.09. The molecule has 0 bridgehead atoms. The number of anilines is 1. The second kappa shape index (κ2) is 6.73. The first-order chi connectivity index (χ1) is 9.58. The Bertz CT molecular complexity index is 456. The maximum Gasteiger partial charge on any atom is 0.251 e. The lowest BCUT2D eigenvalue weighted by molar-refractivity contribution is 0.0930. The molecule has 1 aliphatic rings. The van der Waals surface area contributed by atoms with Gasteiger partial charge in [-0.05, 0) is 31.9 Å². The van der Waals surface area contributed by atoms with Crippen LogP contribution in [0.15, 0.2) is 12.1 Å². The molecule has 1 amide bonds. The number of nitrogens with one attached hydrogen (secondary N) is 1. The first-order valence-electron chi connectivity index (χ1n) is 7.44. The predicted octanol–water partition coefficient (Wildman–Crippen LogP) is 3.56. The van der Waals surface area contributed by atoms with Gasteiger partial charge in [-0.2, -0.15) is 0 Å². The summed E-state index contributed by atoms with van der Waals surface area (Å²) in [7, 11) is 0. The van der Waals surface area contributed by atoms with Crippen molar-refractivity contribution in [2.45, 2.75) is 57.9 Å². The van der Waals surface area contributed by atoms with Gasteiger partial charge in [0.15, 0.2) is 0 Å². The van der Waals surface area contributed by atoms with E-state index in [0.29, 0.717) is 16.8 Å². The number of nitrogen functional groups attached to an aromatic ring is 1. The van der Waals surface area contributed by atoms with E-state index in [1.165, 1.54) is 25.3 Å². The summed E-state index contributed by atoms with van der Waals surface area (Å²) in [4.78, 5) is 12.2. The molecule has 0 unspecified atom stereocenters. The summed E-state index contributed by atoms with van der Waals surface area (Å²) in [5.74, 6) is -0.644. The average Bonchev–Trinajstić information content (AvgIpc) is 2.38. The molecule has 1 saturated carbocycles. The molecule has 1 fully saturated rings. The van der Waals surface area contributed by atoms with E-state index in [2.05, 4.69) is 5.32 Å².